The summed E-state index contributed by atoms with van der Waals surface area (Å²) in [6.07, 6.45) is -7.97. The van der Waals surface area contributed by atoms with E-state index in [0.717, 1.165) is 4.90 Å². The largest absolute Gasteiger partial charge is 0.423 e. The maximum absolute atomic E-state index is 14.1. The van der Waals surface area contributed by atoms with Crippen LogP contribution in [-0.4, -0.2) is 54.2 Å². The first kappa shape index (κ1) is 21.1. The van der Waals surface area contributed by atoms with Crippen molar-refractivity contribution in [2.75, 3.05) is 25.0 Å². The molecule has 1 saturated heterocycles. The molecule has 1 aliphatic heterocycles. The SMILES string of the molecule is Cc1ccc(N(C)C(=O)C2CCN(C(=O)[C@@H](O)C(F)(F)F)CC2C)c(F)c1. The van der Waals surface area contributed by atoms with Crippen LogP contribution < -0.4 is 4.90 Å². The van der Waals surface area contributed by atoms with Gasteiger partial charge in [-0.25, -0.2) is 4.39 Å². The van der Waals surface area contributed by atoms with Gasteiger partial charge in [-0.3, -0.25) is 9.59 Å². The van der Waals surface area contributed by atoms with Crippen molar-refractivity contribution in [1.82, 2.24) is 4.90 Å². The first-order chi connectivity index (χ1) is 12.4. The number of aliphatic hydroxyl groups excluding tert-OH is 1. The van der Waals surface area contributed by atoms with Crippen molar-refractivity contribution in [3.63, 3.8) is 0 Å². The molecule has 9 heteroatoms. The maximum atomic E-state index is 14.1. The number of piperidine rings is 1. The molecule has 1 aromatic rings. The Morgan fingerprint density at radius 3 is 2.48 bits per heavy atom. The molecule has 150 valence electrons. The van der Waals surface area contributed by atoms with Gasteiger partial charge < -0.3 is 14.9 Å². The number of rotatable bonds is 3. The van der Waals surface area contributed by atoms with Gasteiger partial charge in [0.2, 0.25) is 12.0 Å². The molecular weight excluding hydrogens is 368 g/mol. The molecule has 0 bridgehead atoms. The molecule has 0 radical (unpaired) electrons. The zero-order chi connectivity index (χ0) is 20.5. The van der Waals surface area contributed by atoms with Crippen LogP contribution in [0, 0.1) is 24.6 Å². The number of benzene rings is 1. The van der Waals surface area contributed by atoms with Gasteiger partial charge >= 0.3 is 6.18 Å². The van der Waals surface area contributed by atoms with Gasteiger partial charge in [-0.15, -0.1) is 0 Å². The number of halogens is 4. The summed E-state index contributed by atoms with van der Waals surface area (Å²) in [6.45, 7) is 3.18. The van der Waals surface area contributed by atoms with Crippen LogP contribution in [0.2, 0.25) is 0 Å². The highest BCUT2D eigenvalue weighted by Gasteiger charge is 2.47. The molecule has 1 N–H and O–H groups in total. The zero-order valence-electron chi connectivity index (χ0n) is 15.3. The standard InChI is InChI=1S/C18H22F4N2O3/c1-10-4-5-14(13(19)8-10)23(3)16(26)12-6-7-24(9-11(12)2)17(27)15(25)18(20,21)22/h4-5,8,11-12,15,25H,6-7,9H2,1-3H3/t11?,12?,15-/m1/s1. The fraction of sp³-hybridized carbons (Fsp3) is 0.556. The highest BCUT2D eigenvalue weighted by molar-refractivity contribution is 5.95. The van der Waals surface area contributed by atoms with Gasteiger partial charge in [0.15, 0.2) is 0 Å². The second-order valence-electron chi connectivity index (χ2n) is 6.95. The van der Waals surface area contributed by atoms with Gasteiger partial charge in [0.1, 0.15) is 5.82 Å². The molecule has 2 amide bonds. The molecular formula is C18H22F4N2O3. The second kappa shape index (κ2) is 7.84. The lowest BCUT2D eigenvalue weighted by Gasteiger charge is -2.38. The number of anilines is 1. The minimum Gasteiger partial charge on any atom is -0.376 e. The van der Waals surface area contributed by atoms with Crippen LogP contribution in [-0.2, 0) is 9.59 Å². The Hall–Kier alpha value is -2.16. The van der Waals surface area contributed by atoms with Crippen LogP contribution in [0.25, 0.3) is 0 Å². The molecule has 27 heavy (non-hydrogen) atoms. The number of hydrogen-bond donors (Lipinski definition) is 1. The summed E-state index contributed by atoms with van der Waals surface area (Å²) in [7, 11) is 1.44. The normalized spacial score (nSPS) is 21.7. The number of amides is 2. The van der Waals surface area contributed by atoms with Crippen LogP contribution in [0.5, 0.6) is 0 Å². The van der Waals surface area contributed by atoms with E-state index in [0.29, 0.717) is 5.56 Å². The first-order valence-electron chi connectivity index (χ1n) is 8.50. The highest BCUT2D eigenvalue weighted by atomic mass is 19.4. The molecule has 5 nitrogen and oxygen atoms in total. The van der Waals surface area contributed by atoms with Crippen LogP contribution in [0.3, 0.4) is 0 Å². The van der Waals surface area contributed by atoms with Crippen molar-refractivity contribution in [1.29, 1.82) is 0 Å². The summed E-state index contributed by atoms with van der Waals surface area (Å²) in [5.41, 5.74) is 0.823. The Balaban J connectivity index is 2.07. The average Bonchev–Trinajstić information content (AvgIpc) is 2.58. The van der Waals surface area contributed by atoms with Gasteiger partial charge in [-0.1, -0.05) is 13.0 Å². The van der Waals surface area contributed by atoms with E-state index >= 15 is 0 Å². The number of alkyl halides is 3. The Labute approximate surface area is 154 Å². The lowest BCUT2D eigenvalue weighted by Crippen LogP contribution is -2.53. The molecule has 2 rings (SSSR count). The van der Waals surface area contributed by atoms with Gasteiger partial charge in [-0.2, -0.15) is 13.2 Å². The quantitative estimate of drug-likeness (QED) is 0.807. The van der Waals surface area contributed by atoms with Crippen molar-refractivity contribution in [3.05, 3.63) is 29.6 Å². The summed E-state index contributed by atoms with van der Waals surface area (Å²) in [6, 6.07) is 4.47. The lowest BCUT2D eigenvalue weighted by atomic mass is 9.85. The van der Waals surface area contributed by atoms with Gasteiger partial charge in [-0.05, 0) is 37.0 Å². The van der Waals surface area contributed by atoms with Crippen molar-refractivity contribution in [2.24, 2.45) is 11.8 Å². The van der Waals surface area contributed by atoms with E-state index in [1.165, 1.54) is 24.1 Å². The number of carbonyl (C=O) groups is 2. The number of aliphatic hydroxyl groups is 1. The third-order valence-corrected chi connectivity index (χ3v) is 4.87. The summed E-state index contributed by atoms with van der Waals surface area (Å²) in [5.74, 6) is -3.33. The van der Waals surface area contributed by atoms with E-state index < -0.39 is 35.8 Å². The van der Waals surface area contributed by atoms with Gasteiger partial charge in [0, 0.05) is 26.1 Å². The molecule has 1 fully saturated rings. The Morgan fingerprint density at radius 2 is 1.96 bits per heavy atom. The second-order valence-corrected chi connectivity index (χ2v) is 6.95. The van der Waals surface area contributed by atoms with Gasteiger partial charge in [0.25, 0.3) is 5.91 Å². The van der Waals surface area contributed by atoms with E-state index in [-0.39, 0.29) is 31.1 Å². The lowest BCUT2D eigenvalue weighted by molar-refractivity contribution is -0.211. The van der Waals surface area contributed by atoms with E-state index in [2.05, 4.69) is 0 Å². The van der Waals surface area contributed by atoms with E-state index in [1.54, 1.807) is 19.9 Å². The summed E-state index contributed by atoms with van der Waals surface area (Å²) in [5, 5.41) is 9.12. The predicted molar refractivity (Wildman–Crippen MR) is 90.5 cm³/mol. The number of aryl methyl sites for hydroxylation is 1. The Kier molecular flexibility index (Phi) is 6.14. The minimum atomic E-state index is -5.03. The van der Waals surface area contributed by atoms with Crippen LogP contribution in [0.1, 0.15) is 18.9 Å². The molecule has 1 heterocycles. The minimum absolute atomic E-state index is 0.0864. The third-order valence-electron chi connectivity index (χ3n) is 4.87. The molecule has 0 spiro atoms. The average molecular weight is 390 g/mol. The number of nitrogens with zero attached hydrogens (tertiary/aromatic N) is 2. The van der Waals surface area contributed by atoms with Crippen molar-refractivity contribution < 1.29 is 32.3 Å². The monoisotopic (exact) mass is 390 g/mol. The first-order valence-corrected chi connectivity index (χ1v) is 8.50. The molecule has 1 aromatic carbocycles. The molecule has 0 aromatic heterocycles. The molecule has 3 atom stereocenters. The van der Waals surface area contributed by atoms with Crippen LogP contribution in [0.4, 0.5) is 23.2 Å². The fourth-order valence-electron chi connectivity index (χ4n) is 3.28. The number of likely N-dealkylation sites (tertiary alicyclic amines) is 1. The smallest absolute Gasteiger partial charge is 0.376 e. The Morgan fingerprint density at radius 1 is 1.33 bits per heavy atom. The van der Waals surface area contributed by atoms with Crippen LogP contribution >= 0.6 is 0 Å². The van der Waals surface area contributed by atoms with E-state index in [9.17, 15) is 27.2 Å². The number of carbonyl (C=O) groups excluding carboxylic acids is 2. The number of hydrogen-bond acceptors (Lipinski definition) is 3. The maximum Gasteiger partial charge on any atom is 0.423 e. The van der Waals surface area contributed by atoms with Crippen molar-refractivity contribution >= 4 is 17.5 Å². The topological polar surface area (TPSA) is 60.9 Å². The van der Waals surface area contributed by atoms with Gasteiger partial charge in [0.05, 0.1) is 5.69 Å². The Bertz CT molecular complexity index is 723. The predicted octanol–water partition coefficient (Wildman–Crippen LogP) is 2.50. The van der Waals surface area contributed by atoms with E-state index in [1.807, 2.05) is 0 Å². The summed E-state index contributed by atoms with van der Waals surface area (Å²) < 4.78 is 51.7. The fourth-order valence-corrected chi connectivity index (χ4v) is 3.28. The summed E-state index contributed by atoms with van der Waals surface area (Å²) >= 11 is 0. The molecule has 2 unspecified atom stereocenters. The van der Waals surface area contributed by atoms with Crippen LogP contribution in [0.15, 0.2) is 18.2 Å². The van der Waals surface area contributed by atoms with E-state index in [4.69, 9.17) is 5.11 Å². The van der Waals surface area contributed by atoms with Crippen molar-refractivity contribution in [2.45, 2.75) is 32.5 Å². The third kappa shape index (κ3) is 4.58. The molecule has 1 aliphatic rings. The zero-order valence-corrected chi connectivity index (χ0v) is 15.3. The summed E-state index contributed by atoms with van der Waals surface area (Å²) in [4.78, 5) is 26.7. The highest BCUT2D eigenvalue weighted by Crippen LogP contribution is 2.30. The molecule has 0 saturated carbocycles. The molecule has 0 aliphatic carbocycles. The van der Waals surface area contributed by atoms with Crippen molar-refractivity contribution in [3.8, 4) is 0 Å².